The standard InChI is InChI=1S/C8H7BO2/c1-2-6-4-10-9-8(6)7(3-1)5-11-9/h1-3H,4-5H2. The maximum absolute atomic E-state index is 5.40. The average molecular weight is 146 g/mol. The van der Waals surface area contributed by atoms with Crippen molar-refractivity contribution in [3.8, 4) is 0 Å². The van der Waals surface area contributed by atoms with Gasteiger partial charge in [-0.25, -0.2) is 0 Å². The topological polar surface area (TPSA) is 18.5 Å². The van der Waals surface area contributed by atoms with E-state index in [-0.39, 0.29) is 7.12 Å². The highest BCUT2D eigenvalue weighted by molar-refractivity contribution is 6.64. The lowest BCUT2D eigenvalue weighted by atomic mass is 9.79. The normalized spacial score (nSPS) is 19.1. The van der Waals surface area contributed by atoms with Gasteiger partial charge in [0.05, 0.1) is 13.2 Å². The SMILES string of the molecule is c1cc2c3c(c1)COB3OC2. The van der Waals surface area contributed by atoms with Gasteiger partial charge in [0.25, 0.3) is 0 Å². The van der Waals surface area contributed by atoms with Gasteiger partial charge in [0.1, 0.15) is 0 Å². The smallest absolute Gasteiger partial charge is 0.403 e. The van der Waals surface area contributed by atoms with E-state index in [2.05, 4.69) is 18.2 Å². The molecule has 0 radical (unpaired) electrons. The first-order valence-electron chi connectivity index (χ1n) is 3.79. The van der Waals surface area contributed by atoms with Gasteiger partial charge in [0.15, 0.2) is 0 Å². The summed E-state index contributed by atoms with van der Waals surface area (Å²) in [6.07, 6.45) is 0. The molecule has 2 nitrogen and oxygen atoms in total. The van der Waals surface area contributed by atoms with Gasteiger partial charge in [-0.05, 0) is 16.6 Å². The average Bonchev–Trinajstić information content (AvgIpc) is 2.60. The van der Waals surface area contributed by atoms with E-state index in [1.807, 2.05) is 0 Å². The molecule has 0 unspecified atom stereocenters. The monoisotopic (exact) mass is 146 g/mol. The van der Waals surface area contributed by atoms with Crippen LogP contribution in [0.3, 0.4) is 0 Å². The highest BCUT2D eigenvalue weighted by Gasteiger charge is 2.37. The Balaban J connectivity index is 2.31. The summed E-state index contributed by atoms with van der Waals surface area (Å²) in [4.78, 5) is 0. The third-order valence-electron chi connectivity index (χ3n) is 2.30. The summed E-state index contributed by atoms with van der Waals surface area (Å²) < 4.78 is 10.8. The zero-order chi connectivity index (χ0) is 7.26. The quantitative estimate of drug-likeness (QED) is 0.494. The molecule has 11 heavy (non-hydrogen) atoms. The number of hydrogen-bond donors (Lipinski definition) is 0. The van der Waals surface area contributed by atoms with Crippen LogP contribution in [0.2, 0.25) is 0 Å². The molecule has 3 rings (SSSR count). The van der Waals surface area contributed by atoms with Gasteiger partial charge in [0, 0.05) is 0 Å². The fourth-order valence-electron chi connectivity index (χ4n) is 1.77. The second kappa shape index (κ2) is 1.87. The first-order valence-corrected chi connectivity index (χ1v) is 3.79. The Morgan fingerprint density at radius 2 is 1.73 bits per heavy atom. The fourth-order valence-corrected chi connectivity index (χ4v) is 1.77. The summed E-state index contributed by atoms with van der Waals surface area (Å²) in [6, 6.07) is 6.27. The largest absolute Gasteiger partial charge is 0.495 e. The van der Waals surface area contributed by atoms with Crippen molar-refractivity contribution in [3.05, 3.63) is 29.3 Å². The summed E-state index contributed by atoms with van der Waals surface area (Å²) in [5.41, 5.74) is 3.88. The Bertz CT molecular complexity index is 285. The minimum atomic E-state index is -0.0544. The van der Waals surface area contributed by atoms with E-state index in [1.165, 1.54) is 16.6 Å². The molecule has 0 aromatic heterocycles. The molecule has 0 saturated heterocycles. The van der Waals surface area contributed by atoms with Crippen LogP contribution in [0, 0.1) is 0 Å². The minimum Gasteiger partial charge on any atom is -0.403 e. The van der Waals surface area contributed by atoms with E-state index in [4.69, 9.17) is 9.31 Å². The van der Waals surface area contributed by atoms with E-state index < -0.39 is 0 Å². The van der Waals surface area contributed by atoms with Crippen LogP contribution in [0.5, 0.6) is 0 Å². The molecule has 0 spiro atoms. The first-order chi connectivity index (χ1) is 5.45. The van der Waals surface area contributed by atoms with Crippen molar-refractivity contribution < 1.29 is 9.31 Å². The van der Waals surface area contributed by atoms with E-state index >= 15 is 0 Å². The van der Waals surface area contributed by atoms with Crippen molar-refractivity contribution >= 4 is 12.6 Å². The molecule has 1 aromatic carbocycles. The highest BCUT2D eigenvalue weighted by Crippen LogP contribution is 2.20. The molecule has 3 heteroatoms. The van der Waals surface area contributed by atoms with Crippen LogP contribution < -0.4 is 5.46 Å². The predicted molar refractivity (Wildman–Crippen MR) is 41.4 cm³/mol. The summed E-state index contributed by atoms with van der Waals surface area (Å²) in [5.74, 6) is 0. The van der Waals surface area contributed by atoms with Crippen LogP contribution in [0.25, 0.3) is 0 Å². The molecule has 0 atom stereocenters. The third-order valence-corrected chi connectivity index (χ3v) is 2.30. The van der Waals surface area contributed by atoms with Crippen LogP contribution in [-0.2, 0) is 22.5 Å². The van der Waals surface area contributed by atoms with Crippen LogP contribution in [0.15, 0.2) is 18.2 Å². The predicted octanol–water partition coefficient (Wildman–Crippen LogP) is 0.442. The van der Waals surface area contributed by atoms with Crippen molar-refractivity contribution in [2.45, 2.75) is 13.2 Å². The lowest BCUT2D eigenvalue weighted by molar-refractivity contribution is 0.211. The molecule has 2 heterocycles. The van der Waals surface area contributed by atoms with Crippen molar-refractivity contribution in [2.75, 3.05) is 0 Å². The van der Waals surface area contributed by atoms with E-state index in [9.17, 15) is 0 Å². The Labute approximate surface area is 65.3 Å². The van der Waals surface area contributed by atoms with Crippen molar-refractivity contribution in [3.63, 3.8) is 0 Å². The summed E-state index contributed by atoms with van der Waals surface area (Å²) in [6.45, 7) is 1.43. The Hall–Kier alpha value is -0.795. The second-order valence-electron chi connectivity index (χ2n) is 2.94. The summed E-state index contributed by atoms with van der Waals surface area (Å²) >= 11 is 0. The Kier molecular flexibility index (Phi) is 0.987. The van der Waals surface area contributed by atoms with Gasteiger partial charge in [0.2, 0.25) is 0 Å². The first kappa shape index (κ1) is 5.80. The molecular formula is C8H7BO2. The molecule has 1 aromatic rings. The molecule has 0 amide bonds. The van der Waals surface area contributed by atoms with E-state index in [1.54, 1.807) is 0 Å². The molecule has 0 aliphatic carbocycles. The van der Waals surface area contributed by atoms with Crippen LogP contribution in [-0.4, -0.2) is 7.12 Å². The highest BCUT2D eigenvalue weighted by atomic mass is 16.6. The van der Waals surface area contributed by atoms with E-state index in [0.29, 0.717) is 13.2 Å². The van der Waals surface area contributed by atoms with Gasteiger partial charge in [-0.3, -0.25) is 0 Å². The number of benzene rings is 1. The summed E-state index contributed by atoms with van der Waals surface area (Å²) in [5, 5.41) is 0. The van der Waals surface area contributed by atoms with Crippen molar-refractivity contribution in [1.82, 2.24) is 0 Å². The molecule has 0 fully saturated rings. The fraction of sp³-hybridized carbons (Fsp3) is 0.250. The van der Waals surface area contributed by atoms with Gasteiger partial charge in [-0.2, -0.15) is 0 Å². The van der Waals surface area contributed by atoms with Gasteiger partial charge in [-0.15, -0.1) is 0 Å². The van der Waals surface area contributed by atoms with Crippen LogP contribution >= 0.6 is 0 Å². The number of hydrogen-bond acceptors (Lipinski definition) is 2. The van der Waals surface area contributed by atoms with Crippen LogP contribution in [0.4, 0.5) is 0 Å². The van der Waals surface area contributed by atoms with Crippen molar-refractivity contribution in [1.29, 1.82) is 0 Å². The lowest BCUT2D eigenvalue weighted by Crippen LogP contribution is -2.25. The van der Waals surface area contributed by atoms with Crippen molar-refractivity contribution in [2.24, 2.45) is 0 Å². The minimum absolute atomic E-state index is 0.0544. The molecule has 0 saturated carbocycles. The molecule has 0 bridgehead atoms. The zero-order valence-electron chi connectivity index (χ0n) is 6.04. The molecule has 2 aliphatic heterocycles. The van der Waals surface area contributed by atoms with Gasteiger partial charge >= 0.3 is 7.12 Å². The second-order valence-corrected chi connectivity index (χ2v) is 2.94. The maximum Gasteiger partial charge on any atom is 0.495 e. The Morgan fingerprint density at radius 3 is 2.36 bits per heavy atom. The summed E-state index contributed by atoms with van der Waals surface area (Å²) in [7, 11) is -0.0544. The Morgan fingerprint density at radius 1 is 1.09 bits per heavy atom. The molecule has 54 valence electrons. The molecule has 0 N–H and O–H groups in total. The number of rotatable bonds is 0. The van der Waals surface area contributed by atoms with Gasteiger partial charge < -0.3 is 9.31 Å². The maximum atomic E-state index is 5.40. The molecule has 2 aliphatic rings. The molecular weight excluding hydrogens is 139 g/mol. The van der Waals surface area contributed by atoms with Crippen LogP contribution in [0.1, 0.15) is 11.1 Å². The van der Waals surface area contributed by atoms with E-state index in [0.717, 1.165) is 0 Å². The van der Waals surface area contributed by atoms with Gasteiger partial charge in [-0.1, -0.05) is 18.2 Å². The zero-order valence-corrected chi connectivity index (χ0v) is 6.04. The third kappa shape index (κ3) is 0.646. The lowest BCUT2D eigenvalue weighted by Gasteiger charge is -1.98.